The molecule has 0 radical (unpaired) electrons. The molecular weight excluding hydrogens is 338 g/mol. The van der Waals surface area contributed by atoms with Gasteiger partial charge in [0.25, 0.3) is 0 Å². The third kappa shape index (κ3) is 5.55. The Balaban J connectivity index is 2.01. The van der Waals surface area contributed by atoms with E-state index in [1.807, 2.05) is 6.07 Å². The van der Waals surface area contributed by atoms with Gasteiger partial charge in [-0.15, -0.1) is 0 Å². The number of nitrogens with zero attached hydrogens (tertiary/aromatic N) is 2. The van der Waals surface area contributed by atoms with Crippen LogP contribution in [0.4, 0.5) is 0 Å². The Morgan fingerprint density at radius 2 is 2.16 bits per heavy atom. The molecule has 25 heavy (non-hydrogen) atoms. The highest BCUT2D eigenvalue weighted by molar-refractivity contribution is 8.17. The molecule has 0 unspecified atom stereocenters. The van der Waals surface area contributed by atoms with E-state index in [4.69, 9.17) is 21.1 Å². The van der Waals surface area contributed by atoms with E-state index in [-0.39, 0.29) is 6.04 Å². The summed E-state index contributed by atoms with van der Waals surface area (Å²) in [4.78, 5) is 6.84. The fourth-order valence-electron chi connectivity index (χ4n) is 2.68. The molecule has 1 aliphatic rings. The molecule has 0 aromatic heterocycles. The minimum Gasteiger partial charge on any atom is -0.454 e. The molecule has 138 valence electrons. The summed E-state index contributed by atoms with van der Waals surface area (Å²) in [6, 6.07) is 6.36. The molecule has 2 rings (SSSR count). The van der Waals surface area contributed by atoms with Gasteiger partial charge in [0.05, 0.1) is 11.6 Å². The van der Waals surface area contributed by atoms with Gasteiger partial charge in [0.2, 0.25) is 6.79 Å². The van der Waals surface area contributed by atoms with E-state index in [9.17, 15) is 0 Å². The molecule has 7 nitrogen and oxygen atoms in total. The Hall–Kier alpha value is -1.90. The first-order chi connectivity index (χ1) is 12.0. The number of benzene rings is 1. The van der Waals surface area contributed by atoms with Crippen molar-refractivity contribution in [1.29, 1.82) is 0 Å². The fraction of sp³-hybridized carbons (Fsp3) is 0.471. The lowest BCUT2D eigenvalue weighted by atomic mass is 10.1. The zero-order valence-corrected chi connectivity index (χ0v) is 15.6. The van der Waals surface area contributed by atoms with E-state index in [0.717, 1.165) is 31.0 Å². The summed E-state index contributed by atoms with van der Waals surface area (Å²) in [6.07, 6.45) is 1.06. The van der Waals surface area contributed by atoms with Crippen molar-refractivity contribution in [2.45, 2.75) is 26.3 Å². The van der Waals surface area contributed by atoms with Gasteiger partial charge in [-0.2, -0.15) is 0 Å². The highest BCUT2D eigenvalue weighted by atomic mass is 32.2. The van der Waals surface area contributed by atoms with Crippen molar-refractivity contribution in [1.82, 2.24) is 10.3 Å². The predicted octanol–water partition coefficient (Wildman–Crippen LogP) is 2.17. The van der Waals surface area contributed by atoms with Gasteiger partial charge in [-0.25, -0.2) is 5.84 Å². The number of amidine groups is 1. The quantitative estimate of drug-likeness (QED) is 0.281. The summed E-state index contributed by atoms with van der Waals surface area (Å²) < 4.78 is 10.9. The minimum atomic E-state index is 0.246. The molecule has 5 N–H and O–H groups in total. The number of ether oxygens (including phenoxy) is 2. The molecule has 1 aliphatic heterocycles. The number of hydrazine groups is 1. The molecule has 0 bridgehead atoms. The SMILES string of the molecule is C=C(N)SC(=NCCN(CCC)[C@@H](C)c1ccc2c(c1)OCO2)NN. The number of fused-ring (bicyclic) bond motifs is 1. The van der Waals surface area contributed by atoms with E-state index in [2.05, 4.69) is 47.9 Å². The molecule has 1 aromatic carbocycles. The molecule has 0 amide bonds. The zero-order valence-electron chi connectivity index (χ0n) is 14.8. The van der Waals surface area contributed by atoms with Crippen molar-refractivity contribution in [3.05, 3.63) is 35.4 Å². The zero-order chi connectivity index (χ0) is 18.2. The second-order valence-corrected chi connectivity index (χ2v) is 6.84. The number of nitrogens with one attached hydrogen (secondary N) is 1. The maximum atomic E-state index is 5.58. The van der Waals surface area contributed by atoms with Crippen molar-refractivity contribution < 1.29 is 9.47 Å². The monoisotopic (exact) mass is 365 g/mol. The smallest absolute Gasteiger partial charge is 0.231 e. The van der Waals surface area contributed by atoms with Gasteiger partial charge in [-0.05, 0) is 49.3 Å². The van der Waals surface area contributed by atoms with Crippen LogP contribution in [-0.4, -0.2) is 36.5 Å². The topological polar surface area (TPSA) is 98.1 Å². The van der Waals surface area contributed by atoms with Crippen molar-refractivity contribution in [2.24, 2.45) is 16.6 Å². The van der Waals surface area contributed by atoms with Crippen LogP contribution in [0, 0.1) is 0 Å². The largest absolute Gasteiger partial charge is 0.454 e. The molecule has 1 atom stereocenters. The number of hydrogen-bond acceptors (Lipinski definition) is 7. The number of rotatable bonds is 8. The maximum Gasteiger partial charge on any atom is 0.231 e. The Bertz CT molecular complexity index is 623. The van der Waals surface area contributed by atoms with Crippen molar-refractivity contribution in [3.63, 3.8) is 0 Å². The summed E-state index contributed by atoms with van der Waals surface area (Å²) in [5.74, 6) is 7.08. The van der Waals surface area contributed by atoms with Crippen LogP contribution in [0.1, 0.15) is 31.9 Å². The Labute approximate surface area is 153 Å². The molecule has 0 saturated heterocycles. The average molecular weight is 366 g/mol. The lowest BCUT2D eigenvalue weighted by molar-refractivity contribution is 0.173. The van der Waals surface area contributed by atoms with E-state index in [0.29, 0.717) is 23.5 Å². The second-order valence-electron chi connectivity index (χ2n) is 5.72. The Morgan fingerprint density at radius 1 is 1.40 bits per heavy atom. The summed E-state index contributed by atoms with van der Waals surface area (Å²) in [5, 5.41) is 1.02. The molecule has 0 saturated carbocycles. The fourth-order valence-corrected chi connectivity index (χ4v) is 3.14. The minimum absolute atomic E-state index is 0.246. The van der Waals surface area contributed by atoms with Crippen LogP contribution >= 0.6 is 11.8 Å². The normalized spacial score (nSPS) is 14.6. The van der Waals surface area contributed by atoms with Crippen molar-refractivity contribution in [2.75, 3.05) is 26.4 Å². The van der Waals surface area contributed by atoms with E-state index >= 15 is 0 Å². The van der Waals surface area contributed by atoms with Gasteiger partial charge in [-0.3, -0.25) is 9.89 Å². The van der Waals surface area contributed by atoms with Gasteiger partial charge in [0.1, 0.15) is 0 Å². The summed E-state index contributed by atoms with van der Waals surface area (Å²) in [6.45, 7) is 10.7. The van der Waals surface area contributed by atoms with E-state index in [1.165, 1.54) is 17.3 Å². The molecule has 0 spiro atoms. The molecule has 0 fully saturated rings. The van der Waals surface area contributed by atoms with Crippen LogP contribution in [0.5, 0.6) is 11.5 Å². The third-order valence-electron chi connectivity index (χ3n) is 3.93. The predicted molar refractivity (Wildman–Crippen MR) is 103 cm³/mol. The number of thioether (sulfide) groups is 1. The van der Waals surface area contributed by atoms with E-state index in [1.54, 1.807) is 0 Å². The summed E-state index contributed by atoms with van der Waals surface area (Å²) in [5.41, 5.74) is 9.33. The Kier molecular flexibility index (Phi) is 7.42. The van der Waals surface area contributed by atoms with Crippen LogP contribution in [0.25, 0.3) is 0 Å². The first-order valence-electron chi connectivity index (χ1n) is 8.32. The van der Waals surface area contributed by atoms with Gasteiger partial charge in [0, 0.05) is 12.6 Å². The second kappa shape index (κ2) is 9.55. The van der Waals surface area contributed by atoms with E-state index < -0.39 is 0 Å². The lowest BCUT2D eigenvalue weighted by Crippen LogP contribution is -2.32. The van der Waals surface area contributed by atoms with Crippen LogP contribution in [0.15, 0.2) is 34.8 Å². The van der Waals surface area contributed by atoms with Crippen LogP contribution in [0.2, 0.25) is 0 Å². The van der Waals surface area contributed by atoms with Gasteiger partial charge in [0.15, 0.2) is 16.7 Å². The molecule has 0 aliphatic carbocycles. The summed E-state index contributed by atoms with van der Waals surface area (Å²) >= 11 is 1.23. The van der Waals surface area contributed by atoms with Crippen LogP contribution < -0.4 is 26.5 Å². The molecule has 8 heteroatoms. The van der Waals surface area contributed by atoms with Crippen molar-refractivity contribution >= 4 is 16.9 Å². The lowest BCUT2D eigenvalue weighted by Gasteiger charge is -2.28. The summed E-state index contributed by atoms with van der Waals surface area (Å²) in [7, 11) is 0. The van der Waals surface area contributed by atoms with Gasteiger partial charge in [-0.1, -0.05) is 19.6 Å². The third-order valence-corrected chi connectivity index (χ3v) is 4.63. The number of hydrogen-bond donors (Lipinski definition) is 3. The molecular formula is C17H27N5O2S. The highest BCUT2D eigenvalue weighted by Gasteiger charge is 2.19. The Morgan fingerprint density at radius 3 is 2.84 bits per heavy atom. The number of aliphatic imine (C=N–C) groups is 1. The first-order valence-corrected chi connectivity index (χ1v) is 9.13. The first kappa shape index (κ1) is 19.4. The maximum absolute atomic E-state index is 5.58. The van der Waals surface area contributed by atoms with Crippen molar-refractivity contribution in [3.8, 4) is 11.5 Å². The van der Waals surface area contributed by atoms with Gasteiger partial charge < -0.3 is 20.6 Å². The molecule has 1 heterocycles. The standard InChI is InChI=1S/C17H27N5O2S/c1-4-8-22(9-7-20-17(21-19)25-13(3)18)12(2)14-5-6-15-16(10-14)24-11-23-15/h5-6,10,12H,3-4,7-9,11,18-19H2,1-2H3,(H,20,21)/t12-/m0/s1. The van der Waals surface area contributed by atoms with Crippen LogP contribution in [-0.2, 0) is 0 Å². The molecule has 1 aromatic rings. The average Bonchev–Trinajstić information content (AvgIpc) is 3.06. The highest BCUT2D eigenvalue weighted by Crippen LogP contribution is 2.35. The van der Waals surface area contributed by atoms with Crippen LogP contribution in [0.3, 0.4) is 0 Å². The number of nitrogens with two attached hydrogens (primary N) is 2. The van der Waals surface area contributed by atoms with Gasteiger partial charge >= 0.3 is 0 Å².